The predicted octanol–water partition coefficient (Wildman–Crippen LogP) is 3.80. The molecule has 0 amide bonds. The minimum atomic E-state index is -0.996. The van der Waals surface area contributed by atoms with E-state index in [4.69, 9.17) is 10.8 Å². The van der Waals surface area contributed by atoms with Crippen molar-refractivity contribution < 1.29 is 17.9 Å². The van der Waals surface area contributed by atoms with Crippen molar-refractivity contribution in [3.05, 3.63) is 59.4 Å². The number of nitrogens with one attached hydrogen (secondary N) is 3. The fourth-order valence-electron chi connectivity index (χ4n) is 1.66. The molecule has 0 bridgehead atoms. The van der Waals surface area contributed by atoms with Gasteiger partial charge in [0.15, 0.2) is 6.40 Å². The first-order valence-electron chi connectivity index (χ1n) is 5.77. The molecule has 2 rings (SSSR count). The van der Waals surface area contributed by atoms with Crippen LogP contribution in [0, 0.1) is 28.3 Å². The second-order valence-corrected chi connectivity index (χ2v) is 4.01. The van der Waals surface area contributed by atoms with Gasteiger partial charge in [0.05, 0.1) is 11.3 Å². The molecule has 0 fully saturated rings. The van der Waals surface area contributed by atoms with Gasteiger partial charge in [-0.1, -0.05) is 6.07 Å². The lowest BCUT2D eigenvalue weighted by Gasteiger charge is -2.11. The quantitative estimate of drug-likeness (QED) is 0.593. The summed E-state index contributed by atoms with van der Waals surface area (Å²) in [5, 5.41) is 16.7. The van der Waals surface area contributed by atoms with Gasteiger partial charge in [0.1, 0.15) is 17.5 Å². The Morgan fingerprint density at radius 2 is 1.86 bits per heavy atom. The van der Waals surface area contributed by atoms with Gasteiger partial charge in [-0.05, 0) is 24.3 Å². The van der Waals surface area contributed by atoms with Gasteiger partial charge in [-0.25, -0.2) is 13.2 Å². The fraction of sp³-hybridized carbons (Fsp3) is 0. The van der Waals surface area contributed by atoms with Crippen LogP contribution in [0.4, 0.5) is 24.5 Å². The van der Waals surface area contributed by atoms with Gasteiger partial charge in [0, 0.05) is 11.8 Å². The highest BCUT2D eigenvalue weighted by molar-refractivity contribution is 5.96. The van der Waals surface area contributed by atoms with Gasteiger partial charge in [0.2, 0.25) is 5.90 Å². The zero-order valence-corrected chi connectivity index (χ0v) is 10.6. The van der Waals surface area contributed by atoms with E-state index in [0.29, 0.717) is 12.5 Å². The van der Waals surface area contributed by atoms with Gasteiger partial charge >= 0.3 is 0 Å². The highest BCUT2D eigenvalue weighted by Crippen LogP contribution is 2.24. The third-order valence-electron chi connectivity index (χ3n) is 2.58. The number of benzene rings is 2. The normalized spacial score (nSPS) is 10.0. The third-order valence-corrected chi connectivity index (χ3v) is 2.58. The van der Waals surface area contributed by atoms with Gasteiger partial charge in [0.25, 0.3) is 0 Å². The lowest BCUT2D eigenvalue weighted by atomic mass is 10.1. The van der Waals surface area contributed by atoms with Crippen LogP contribution in [0.5, 0.6) is 0 Å². The smallest absolute Gasteiger partial charge is 0.223 e. The van der Waals surface area contributed by atoms with E-state index in [1.54, 1.807) is 0 Å². The summed E-state index contributed by atoms with van der Waals surface area (Å²) in [7, 11) is 0. The van der Waals surface area contributed by atoms with Crippen LogP contribution in [0.2, 0.25) is 0 Å². The predicted molar refractivity (Wildman–Crippen MR) is 72.7 cm³/mol. The van der Waals surface area contributed by atoms with E-state index in [0.717, 1.165) is 12.1 Å². The summed E-state index contributed by atoms with van der Waals surface area (Å²) in [5.41, 5.74) is -0.194. The topological polar surface area (TPSA) is 69.0 Å². The molecule has 0 saturated carbocycles. The molecular weight excluding hydrogens is 283 g/mol. The third kappa shape index (κ3) is 3.38. The van der Waals surface area contributed by atoms with E-state index in [1.807, 2.05) is 0 Å². The number of hydrogen-bond donors (Lipinski definition) is 3. The Bertz CT molecular complexity index is 704. The zero-order valence-electron chi connectivity index (χ0n) is 10.6. The minimum absolute atomic E-state index is 0.143. The molecule has 0 aliphatic rings. The monoisotopic (exact) mass is 293 g/mol. The molecule has 0 aromatic heterocycles. The average Bonchev–Trinajstić information content (AvgIpc) is 2.42. The molecule has 0 aliphatic carbocycles. The fourth-order valence-corrected chi connectivity index (χ4v) is 1.66. The Balaban J connectivity index is 2.37. The summed E-state index contributed by atoms with van der Waals surface area (Å²) in [4.78, 5) is 0. The van der Waals surface area contributed by atoms with E-state index in [2.05, 4.69) is 10.1 Å². The van der Waals surface area contributed by atoms with Gasteiger partial charge < -0.3 is 10.1 Å². The van der Waals surface area contributed by atoms with E-state index in [-0.39, 0.29) is 16.9 Å². The molecule has 21 heavy (non-hydrogen) atoms. The second-order valence-electron chi connectivity index (χ2n) is 4.01. The summed E-state index contributed by atoms with van der Waals surface area (Å²) in [6.45, 7) is 0. The van der Waals surface area contributed by atoms with Gasteiger partial charge in [-0.15, -0.1) is 0 Å². The van der Waals surface area contributed by atoms with Crippen LogP contribution in [-0.2, 0) is 4.74 Å². The van der Waals surface area contributed by atoms with Crippen molar-refractivity contribution >= 4 is 23.7 Å². The Labute approximate surface area is 118 Å². The van der Waals surface area contributed by atoms with Crippen LogP contribution in [0.1, 0.15) is 5.56 Å². The molecule has 0 radical (unpaired) electrons. The zero-order chi connectivity index (χ0) is 15.4. The van der Waals surface area contributed by atoms with Crippen molar-refractivity contribution in [3.63, 3.8) is 0 Å². The number of ether oxygens (including phenoxy) is 1. The van der Waals surface area contributed by atoms with Crippen LogP contribution < -0.4 is 5.32 Å². The average molecular weight is 293 g/mol. The van der Waals surface area contributed by atoms with E-state index < -0.39 is 23.3 Å². The van der Waals surface area contributed by atoms with Crippen molar-refractivity contribution in [2.75, 3.05) is 5.32 Å². The Hall–Kier alpha value is -2.83. The van der Waals surface area contributed by atoms with Crippen molar-refractivity contribution in [1.29, 1.82) is 10.8 Å². The summed E-state index contributed by atoms with van der Waals surface area (Å²) in [6.07, 6.45) is 0.463. The van der Waals surface area contributed by atoms with Crippen LogP contribution in [0.3, 0.4) is 0 Å². The molecule has 0 saturated heterocycles. The number of anilines is 2. The molecule has 2 aromatic carbocycles. The summed E-state index contributed by atoms with van der Waals surface area (Å²) >= 11 is 0. The van der Waals surface area contributed by atoms with Crippen LogP contribution >= 0.6 is 0 Å². The Morgan fingerprint density at radius 1 is 1.10 bits per heavy atom. The summed E-state index contributed by atoms with van der Waals surface area (Å²) in [6, 6.07) is 6.90. The Morgan fingerprint density at radius 3 is 2.52 bits per heavy atom. The number of rotatable bonds is 4. The maximum absolute atomic E-state index is 13.7. The molecule has 0 spiro atoms. The highest BCUT2D eigenvalue weighted by atomic mass is 19.1. The SMILES string of the molecule is N=COC(=N)c1cc(Nc2cccc(F)c2)c(F)cc1F. The lowest BCUT2D eigenvalue weighted by Crippen LogP contribution is -2.08. The summed E-state index contributed by atoms with van der Waals surface area (Å²) < 4.78 is 44.8. The van der Waals surface area contributed by atoms with E-state index in [1.165, 1.54) is 18.2 Å². The largest absolute Gasteiger partial charge is 0.428 e. The molecule has 0 aliphatic heterocycles. The van der Waals surface area contributed by atoms with Crippen LogP contribution in [-0.4, -0.2) is 12.3 Å². The number of halogens is 3. The molecule has 0 heterocycles. The second kappa shape index (κ2) is 6.08. The molecule has 4 nitrogen and oxygen atoms in total. The minimum Gasteiger partial charge on any atom is -0.428 e. The van der Waals surface area contributed by atoms with E-state index >= 15 is 0 Å². The van der Waals surface area contributed by atoms with Crippen molar-refractivity contribution in [1.82, 2.24) is 0 Å². The molecule has 2 aromatic rings. The Kier molecular flexibility index (Phi) is 4.22. The molecule has 0 unspecified atom stereocenters. The maximum Gasteiger partial charge on any atom is 0.223 e. The number of hydrogen-bond acceptors (Lipinski definition) is 4. The lowest BCUT2D eigenvalue weighted by molar-refractivity contribution is 0.543. The first-order chi connectivity index (χ1) is 10.0. The van der Waals surface area contributed by atoms with Crippen LogP contribution in [0.25, 0.3) is 0 Å². The van der Waals surface area contributed by atoms with Gasteiger partial charge in [-0.2, -0.15) is 0 Å². The first kappa shape index (κ1) is 14.6. The maximum atomic E-state index is 13.7. The van der Waals surface area contributed by atoms with Crippen molar-refractivity contribution in [2.45, 2.75) is 0 Å². The molecule has 3 N–H and O–H groups in total. The van der Waals surface area contributed by atoms with Crippen molar-refractivity contribution in [2.24, 2.45) is 0 Å². The first-order valence-corrected chi connectivity index (χ1v) is 5.77. The molecule has 0 atom stereocenters. The van der Waals surface area contributed by atoms with E-state index in [9.17, 15) is 13.2 Å². The standard InChI is InChI=1S/C14H10F3N3O/c15-8-2-1-3-9(4-8)20-13-5-10(14(19)21-7-18)11(16)6-12(13)17/h1-7,18-20H. The van der Waals surface area contributed by atoms with Crippen LogP contribution in [0.15, 0.2) is 36.4 Å². The van der Waals surface area contributed by atoms with Gasteiger partial charge in [-0.3, -0.25) is 10.8 Å². The summed E-state index contributed by atoms with van der Waals surface area (Å²) in [5.74, 6) is -3.04. The highest BCUT2D eigenvalue weighted by Gasteiger charge is 2.15. The molecule has 108 valence electrons. The van der Waals surface area contributed by atoms with Crippen molar-refractivity contribution in [3.8, 4) is 0 Å². The molecule has 7 heteroatoms. The molecular formula is C14H10F3N3O.